The highest BCUT2D eigenvalue weighted by Gasteiger charge is 2.74. The molecular formula is C25H21F3N2O4. The molecule has 3 heterocycles. The van der Waals surface area contributed by atoms with Gasteiger partial charge in [0, 0.05) is 6.42 Å². The van der Waals surface area contributed by atoms with Gasteiger partial charge in [0.15, 0.2) is 0 Å². The molecule has 34 heavy (non-hydrogen) atoms. The molecule has 0 aliphatic carbocycles. The number of alkyl halides is 3. The van der Waals surface area contributed by atoms with Crippen LogP contribution in [-0.4, -0.2) is 29.6 Å². The molecule has 5 rings (SSSR count). The molecule has 3 saturated heterocycles. The predicted molar refractivity (Wildman–Crippen MR) is 114 cm³/mol. The fourth-order valence-corrected chi connectivity index (χ4v) is 5.82. The maximum absolute atomic E-state index is 13.9. The molecule has 0 spiro atoms. The number of para-hydroxylation sites is 1. The number of nitriles is 1. The van der Waals surface area contributed by atoms with E-state index in [1.54, 1.807) is 19.1 Å². The SMILES string of the molecule is CC12CCC(CCOc3ccccc3)(O1)C1C(=O)N(c3cccc(C#N)c3C(F)(F)F)C(=O)C12. The Labute approximate surface area is 193 Å². The van der Waals surface area contributed by atoms with Crippen molar-refractivity contribution in [2.75, 3.05) is 11.5 Å². The Bertz CT molecular complexity index is 1210. The highest BCUT2D eigenvalue weighted by molar-refractivity contribution is 6.23. The van der Waals surface area contributed by atoms with Crippen LogP contribution in [0.25, 0.3) is 0 Å². The predicted octanol–water partition coefficient (Wildman–Crippen LogP) is 4.47. The zero-order valence-corrected chi connectivity index (χ0v) is 18.3. The lowest BCUT2D eigenvalue weighted by Gasteiger charge is -2.31. The van der Waals surface area contributed by atoms with Gasteiger partial charge in [0.25, 0.3) is 0 Å². The van der Waals surface area contributed by atoms with E-state index in [0.29, 0.717) is 29.9 Å². The highest BCUT2D eigenvalue weighted by Crippen LogP contribution is 2.62. The Hall–Kier alpha value is -3.38. The molecule has 9 heteroatoms. The van der Waals surface area contributed by atoms with Crippen LogP contribution in [0.5, 0.6) is 5.75 Å². The number of carbonyl (C=O) groups is 2. The lowest BCUT2D eigenvalue weighted by Crippen LogP contribution is -2.43. The molecule has 4 unspecified atom stereocenters. The molecule has 0 aromatic heterocycles. The molecule has 0 radical (unpaired) electrons. The number of nitrogens with zero attached hydrogens (tertiary/aromatic N) is 2. The number of anilines is 1. The third kappa shape index (κ3) is 3.20. The molecular weight excluding hydrogens is 449 g/mol. The number of fused-ring (bicyclic) bond motifs is 5. The van der Waals surface area contributed by atoms with Crippen LogP contribution in [0.15, 0.2) is 48.5 Å². The number of carbonyl (C=O) groups excluding carboxylic acids is 2. The number of hydrogen-bond acceptors (Lipinski definition) is 5. The molecule has 2 aromatic carbocycles. The molecule has 2 aromatic rings. The standard InChI is InChI=1S/C25H21F3N2O4/c1-23-10-11-24(34-23,12-13-33-16-7-3-2-4-8-16)20-19(23)21(31)30(22(20)32)17-9-5-6-15(14-29)18(17)25(26,27)28/h2-9,19-20H,10-13H2,1H3. The number of rotatable bonds is 5. The zero-order valence-electron chi connectivity index (χ0n) is 18.3. The van der Waals surface area contributed by atoms with Crippen molar-refractivity contribution in [1.29, 1.82) is 5.26 Å². The van der Waals surface area contributed by atoms with Crippen molar-refractivity contribution in [3.05, 3.63) is 59.7 Å². The fraction of sp³-hybridized carbons (Fsp3) is 0.400. The average Bonchev–Trinajstić information content (AvgIpc) is 3.38. The Balaban J connectivity index is 1.50. The van der Waals surface area contributed by atoms with Gasteiger partial charge in [-0.1, -0.05) is 24.3 Å². The van der Waals surface area contributed by atoms with E-state index in [1.807, 2.05) is 18.2 Å². The van der Waals surface area contributed by atoms with Crippen LogP contribution < -0.4 is 9.64 Å². The monoisotopic (exact) mass is 470 g/mol. The summed E-state index contributed by atoms with van der Waals surface area (Å²) in [5, 5.41) is 9.24. The van der Waals surface area contributed by atoms with Crippen molar-refractivity contribution < 1.29 is 32.2 Å². The maximum Gasteiger partial charge on any atom is 0.419 e. The molecule has 3 fully saturated rings. The minimum absolute atomic E-state index is 0.225. The van der Waals surface area contributed by atoms with E-state index < -0.39 is 57.8 Å². The smallest absolute Gasteiger partial charge is 0.419 e. The summed E-state index contributed by atoms with van der Waals surface area (Å²) in [6.07, 6.45) is -3.59. The normalized spacial score (nSPS) is 29.9. The fourth-order valence-electron chi connectivity index (χ4n) is 5.82. The molecule has 4 atom stereocenters. The van der Waals surface area contributed by atoms with E-state index in [2.05, 4.69) is 0 Å². The summed E-state index contributed by atoms with van der Waals surface area (Å²) in [6, 6.07) is 13.9. The lowest BCUT2D eigenvalue weighted by molar-refractivity contribution is -0.137. The third-order valence-electron chi connectivity index (χ3n) is 7.24. The van der Waals surface area contributed by atoms with Gasteiger partial charge in [-0.2, -0.15) is 18.4 Å². The van der Waals surface area contributed by atoms with Gasteiger partial charge >= 0.3 is 6.18 Å². The van der Waals surface area contributed by atoms with E-state index in [0.717, 1.165) is 12.1 Å². The zero-order chi connectivity index (χ0) is 24.3. The number of ether oxygens (including phenoxy) is 2. The molecule has 2 bridgehead atoms. The minimum atomic E-state index is -4.92. The van der Waals surface area contributed by atoms with Gasteiger partial charge in [0.05, 0.1) is 52.5 Å². The largest absolute Gasteiger partial charge is 0.493 e. The van der Waals surface area contributed by atoms with Crippen LogP contribution in [0.2, 0.25) is 0 Å². The number of imide groups is 1. The summed E-state index contributed by atoms with van der Waals surface area (Å²) in [7, 11) is 0. The van der Waals surface area contributed by atoms with Gasteiger partial charge in [-0.05, 0) is 44.0 Å². The van der Waals surface area contributed by atoms with E-state index in [4.69, 9.17) is 9.47 Å². The topological polar surface area (TPSA) is 79.6 Å². The molecule has 2 amide bonds. The van der Waals surface area contributed by atoms with Gasteiger partial charge in [0.1, 0.15) is 5.75 Å². The van der Waals surface area contributed by atoms with Crippen LogP contribution in [0, 0.1) is 23.2 Å². The molecule has 6 nitrogen and oxygen atoms in total. The second-order valence-corrected chi connectivity index (χ2v) is 9.17. The molecule has 0 N–H and O–H groups in total. The lowest BCUT2D eigenvalue weighted by atomic mass is 9.67. The molecule has 176 valence electrons. The van der Waals surface area contributed by atoms with Crippen LogP contribution in [0.1, 0.15) is 37.3 Å². The van der Waals surface area contributed by atoms with Crippen molar-refractivity contribution in [3.8, 4) is 11.8 Å². The number of hydrogen-bond donors (Lipinski definition) is 0. The van der Waals surface area contributed by atoms with E-state index in [1.165, 1.54) is 12.1 Å². The summed E-state index contributed by atoms with van der Waals surface area (Å²) in [5.41, 5.74) is -4.47. The Morgan fingerprint density at radius 2 is 1.79 bits per heavy atom. The van der Waals surface area contributed by atoms with Crippen LogP contribution in [0.4, 0.5) is 18.9 Å². The first-order chi connectivity index (χ1) is 16.1. The van der Waals surface area contributed by atoms with Gasteiger partial charge in [0.2, 0.25) is 11.8 Å². The summed E-state index contributed by atoms with van der Waals surface area (Å²) >= 11 is 0. The van der Waals surface area contributed by atoms with Gasteiger partial charge in [-0.3, -0.25) is 9.59 Å². The Kier molecular flexibility index (Phi) is 4.99. The second kappa shape index (κ2) is 7.57. The molecule has 3 aliphatic heterocycles. The van der Waals surface area contributed by atoms with Crippen molar-refractivity contribution in [2.24, 2.45) is 11.8 Å². The quantitative estimate of drug-likeness (QED) is 0.603. The summed E-state index contributed by atoms with van der Waals surface area (Å²) in [6.45, 7) is 1.96. The Morgan fingerprint density at radius 1 is 1.09 bits per heavy atom. The van der Waals surface area contributed by atoms with E-state index in [9.17, 15) is 28.0 Å². The van der Waals surface area contributed by atoms with E-state index >= 15 is 0 Å². The first-order valence-electron chi connectivity index (χ1n) is 11.0. The van der Waals surface area contributed by atoms with Crippen molar-refractivity contribution in [2.45, 2.75) is 43.6 Å². The minimum Gasteiger partial charge on any atom is -0.493 e. The van der Waals surface area contributed by atoms with Crippen LogP contribution in [0.3, 0.4) is 0 Å². The Morgan fingerprint density at radius 3 is 2.47 bits per heavy atom. The van der Waals surface area contributed by atoms with Crippen LogP contribution >= 0.6 is 0 Å². The van der Waals surface area contributed by atoms with Crippen LogP contribution in [-0.2, 0) is 20.5 Å². The number of halogens is 3. The first kappa shape index (κ1) is 22.4. The van der Waals surface area contributed by atoms with Crippen molar-refractivity contribution >= 4 is 17.5 Å². The number of amides is 2. The van der Waals surface area contributed by atoms with Gasteiger partial charge in [-0.25, -0.2) is 4.90 Å². The maximum atomic E-state index is 13.9. The van der Waals surface area contributed by atoms with Crippen molar-refractivity contribution in [3.63, 3.8) is 0 Å². The first-order valence-corrected chi connectivity index (χ1v) is 11.0. The van der Waals surface area contributed by atoms with Gasteiger partial charge in [-0.15, -0.1) is 0 Å². The molecule has 0 saturated carbocycles. The van der Waals surface area contributed by atoms with E-state index in [-0.39, 0.29) is 6.61 Å². The van der Waals surface area contributed by atoms with Crippen molar-refractivity contribution in [1.82, 2.24) is 0 Å². The number of benzene rings is 2. The second-order valence-electron chi connectivity index (χ2n) is 9.17. The summed E-state index contributed by atoms with van der Waals surface area (Å²) in [5.74, 6) is -2.60. The average molecular weight is 470 g/mol. The van der Waals surface area contributed by atoms with Gasteiger partial charge < -0.3 is 9.47 Å². The third-order valence-corrected chi connectivity index (χ3v) is 7.24. The molecule has 3 aliphatic rings. The summed E-state index contributed by atoms with van der Waals surface area (Å²) in [4.78, 5) is 27.7. The summed E-state index contributed by atoms with van der Waals surface area (Å²) < 4.78 is 53.8. The highest BCUT2D eigenvalue weighted by atomic mass is 19.4.